The number of carbonyl (C=O) groups excluding carboxylic acids is 3. The minimum atomic E-state index is -2.37. The van der Waals surface area contributed by atoms with E-state index in [1.807, 2.05) is 0 Å². The number of amides is 1. The van der Waals surface area contributed by atoms with Crippen LogP contribution in [0.3, 0.4) is 0 Å². The summed E-state index contributed by atoms with van der Waals surface area (Å²) < 4.78 is 14.5. The van der Waals surface area contributed by atoms with Crippen LogP contribution in [0, 0.1) is 0 Å². The second kappa shape index (κ2) is 9.34. The Bertz CT molecular complexity index is 397. The zero-order valence-electron chi connectivity index (χ0n) is 14.4. The van der Waals surface area contributed by atoms with Crippen LogP contribution in [0.4, 0.5) is 4.79 Å². The zero-order chi connectivity index (χ0) is 18.1. The minimum absolute atomic E-state index is 0.0245. The third-order valence-electron chi connectivity index (χ3n) is 2.61. The summed E-state index contributed by atoms with van der Waals surface area (Å²) in [4.78, 5) is 35.1. The lowest BCUT2D eigenvalue weighted by atomic mass is 9.98. The zero-order valence-corrected chi connectivity index (χ0v) is 14.4. The molecule has 0 unspecified atom stereocenters. The highest BCUT2D eigenvalue weighted by atomic mass is 16.6. The number of hydrogen-bond donors (Lipinski definition) is 2. The summed E-state index contributed by atoms with van der Waals surface area (Å²) in [6.07, 6.45) is -0.693. The molecular weight excluding hydrogens is 306 g/mol. The van der Waals surface area contributed by atoms with Gasteiger partial charge in [-0.1, -0.05) is 0 Å². The van der Waals surface area contributed by atoms with E-state index in [2.05, 4.69) is 5.32 Å². The molecule has 8 nitrogen and oxygen atoms in total. The van der Waals surface area contributed by atoms with Crippen LogP contribution in [0.15, 0.2) is 0 Å². The number of rotatable bonds is 8. The van der Waals surface area contributed by atoms with Crippen LogP contribution in [-0.4, -0.2) is 54.1 Å². The first kappa shape index (κ1) is 21.2. The maximum Gasteiger partial charge on any atom is 0.407 e. The highest BCUT2D eigenvalue weighted by Crippen LogP contribution is 2.17. The Morgan fingerprint density at radius 2 is 1.48 bits per heavy atom. The number of carbonyl (C=O) groups is 3. The topological polar surface area (TPSA) is 111 Å². The van der Waals surface area contributed by atoms with Crippen LogP contribution in [-0.2, 0) is 23.8 Å². The molecule has 23 heavy (non-hydrogen) atoms. The molecule has 0 radical (unpaired) electrons. The molecule has 0 bridgehead atoms. The average molecular weight is 333 g/mol. The summed E-state index contributed by atoms with van der Waals surface area (Å²) >= 11 is 0. The standard InChI is InChI=1S/C15H27NO7/c1-6-21-11(17)15(20,12(18)22-7-2)9-8-10-16-13(19)23-14(3,4)5/h20H,6-10H2,1-5H3,(H,16,19). The van der Waals surface area contributed by atoms with Gasteiger partial charge < -0.3 is 24.6 Å². The number of aliphatic hydroxyl groups is 1. The van der Waals surface area contributed by atoms with Gasteiger partial charge in [0, 0.05) is 6.54 Å². The quantitative estimate of drug-likeness (QED) is 0.296. The smallest absolute Gasteiger partial charge is 0.407 e. The van der Waals surface area contributed by atoms with Crippen LogP contribution in [0.1, 0.15) is 47.5 Å². The van der Waals surface area contributed by atoms with Gasteiger partial charge in [0.15, 0.2) is 0 Å². The molecule has 2 N–H and O–H groups in total. The van der Waals surface area contributed by atoms with Gasteiger partial charge in [-0.05, 0) is 47.5 Å². The lowest BCUT2D eigenvalue weighted by molar-refractivity contribution is -0.184. The number of nitrogens with one attached hydrogen (secondary N) is 1. The molecule has 1 amide bonds. The van der Waals surface area contributed by atoms with Gasteiger partial charge >= 0.3 is 18.0 Å². The summed E-state index contributed by atoms with van der Waals surface area (Å²) in [5.41, 5.74) is -3.00. The van der Waals surface area contributed by atoms with E-state index in [0.29, 0.717) is 0 Å². The van der Waals surface area contributed by atoms with Crippen LogP contribution < -0.4 is 5.32 Å². The van der Waals surface area contributed by atoms with Crippen molar-refractivity contribution in [2.45, 2.75) is 58.7 Å². The number of ether oxygens (including phenoxy) is 3. The van der Waals surface area contributed by atoms with Gasteiger partial charge in [-0.3, -0.25) is 0 Å². The molecule has 0 aliphatic heterocycles. The molecule has 0 spiro atoms. The molecule has 0 aromatic rings. The van der Waals surface area contributed by atoms with E-state index in [0.717, 1.165) is 0 Å². The lowest BCUT2D eigenvalue weighted by Gasteiger charge is -2.24. The van der Waals surface area contributed by atoms with Crippen LogP contribution in [0.25, 0.3) is 0 Å². The van der Waals surface area contributed by atoms with E-state index < -0.39 is 29.2 Å². The predicted molar refractivity (Wildman–Crippen MR) is 81.7 cm³/mol. The maximum atomic E-state index is 11.8. The van der Waals surface area contributed by atoms with Crippen molar-refractivity contribution in [3.05, 3.63) is 0 Å². The van der Waals surface area contributed by atoms with Crippen molar-refractivity contribution in [3.8, 4) is 0 Å². The van der Waals surface area contributed by atoms with Crippen molar-refractivity contribution in [3.63, 3.8) is 0 Å². The van der Waals surface area contributed by atoms with Crippen molar-refractivity contribution in [1.82, 2.24) is 5.32 Å². The van der Waals surface area contributed by atoms with Gasteiger partial charge in [-0.25, -0.2) is 14.4 Å². The summed E-state index contributed by atoms with van der Waals surface area (Å²) in [7, 11) is 0. The number of alkyl carbamates (subject to hydrolysis) is 1. The predicted octanol–water partition coefficient (Wildman–Crippen LogP) is 1.15. The SMILES string of the molecule is CCOC(=O)C(O)(CCCNC(=O)OC(C)(C)C)C(=O)OCC. The summed E-state index contributed by atoms with van der Waals surface area (Å²) in [5.74, 6) is -2.12. The second-order valence-corrected chi connectivity index (χ2v) is 5.83. The van der Waals surface area contributed by atoms with Gasteiger partial charge in [0.1, 0.15) is 5.60 Å². The first-order valence-corrected chi connectivity index (χ1v) is 7.60. The molecule has 134 valence electrons. The van der Waals surface area contributed by atoms with E-state index in [9.17, 15) is 19.5 Å². The molecule has 0 aliphatic carbocycles. The van der Waals surface area contributed by atoms with Crippen molar-refractivity contribution in [2.75, 3.05) is 19.8 Å². The van der Waals surface area contributed by atoms with Crippen LogP contribution in [0.2, 0.25) is 0 Å². The Kier molecular flexibility index (Phi) is 8.60. The summed E-state index contributed by atoms with van der Waals surface area (Å²) in [6, 6.07) is 0. The molecule has 0 aliphatic rings. The first-order chi connectivity index (χ1) is 10.6. The summed E-state index contributed by atoms with van der Waals surface area (Å²) in [6.45, 7) is 8.48. The fraction of sp³-hybridized carbons (Fsp3) is 0.800. The molecule has 0 atom stereocenters. The summed E-state index contributed by atoms with van der Waals surface area (Å²) in [5, 5.41) is 12.7. The van der Waals surface area contributed by atoms with Crippen molar-refractivity contribution >= 4 is 18.0 Å². The molecular formula is C15H27NO7. The van der Waals surface area contributed by atoms with E-state index in [1.54, 1.807) is 34.6 Å². The van der Waals surface area contributed by atoms with Crippen molar-refractivity contribution < 1.29 is 33.7 Å². The third-order valence-corrected chi connectivity index (χ3v) is 2.61. The molecule has 0 saturated heterocycles. The normalized spacial score (nSPS) is 11.6. The number of hydrogen-bond acceptors (Lipinski definition) is 7. The third kappa shape index (κ3) is 7.83. The lowest BCUT2D eigenvalue weighted by Crippen LogP contribution is -2.49. The van der Waals surface area contributed by atoms with Crippen molar-refractivity contribution in [1.29, 1.82) is 0 Å². The molecule has 0 fully saturated rings. The monoisotopic (exact) mass is 333 g/mol. The van der Waals surface area contributed by atoms with Gasteiger partial charge in [-0.15, -0.1) is 0 Å². The van der Waals surface area contributed by atoms with E-state index >= 15 is 0 Å². The fourth-order valence-corrected chi connectivity index (χ4v) is 1.64. The second-order valence-electron chi connectivity index (χ2n) is 5.83. The Morgan fingerprint density at radius 3 is 1.87 bits per heavy atom. The molecule has 0 saturated carbocycles. The average Bonchev–Trinajstić information content (AvgIpc) is 2.41. The maximum absolute atomic E-state index is 11.8. The number of esters is 2. The van der Waals surface area contributed by atoms with Gasteiger partial charge in [0.05, 0.1) is 13.2 Å². The Morgan fingerprint density at radius 1 is 1.00 bits per heavy atom. The van der Waals surface area contributed by atoms with Gasteiger partial charge in [0.25, 0.3) is 5.60 Å². The molecule has 8 heteroatoms. The van der Waals surface area contributed by atoms with E-state index in [-0.39, 0.29) is 32.6 Å². The van der Waals surface area contributed by atoms with Gasteiger partial charge in [0.2, 0.25) is 0 Å². The van der Waals surface area contributed by atoms with E-state index in [1.165, 1.54) is 0 Å². The Hall–Kier alpha value is -1.83. The fourth-order valence-electron chi connectivity index (χ4n) is 1.64. The largest absolute Gasteiger partial charge is 0.463 e. The van der Waals surface area contributed by atoms with Crippen molar-refractivity contribution in [2.24, 2.45) is 0 Å². The van der Waals surface area contributed by atoms with Crippen LogP contribution >= 0.6 is 0 Å². The van der Waals surface area contributed by atoms with Crippen LogP contribution in [0.5, 0.6) is 0 Å². The van der Waals surface area contributed by atoms with E-state index in [4.69, 9.17) is 14.2 Å². The first-order valence-electron chi connectivity index (χ1n) is 7.60. The highest BCUT2D eigenvalue weighted by molar-refractivity contribution is 6.03. The molecule has 0 heterocycles. The molecule has 0 aromatic heterocycles. The molecule has 0 rings (SSSR count). The Labute approximate surface area is 136 Å². The minimum Gasteiger partial charge on any atom is -0.463 e. The molecule has 0 aromatic carbocycles. The Balaban J connectivity index is 4.54. The van der Waals surface area contributed by atoms with Gasteiger partial charge in [-0.2, -0.15) is 0 Å². The highest BCUT2D eigenvalue weighted by Gasteiger charge is 2.46.